The molecule has 0 aliphatic rings. The van der Waals surface area contributed by atoms with Crippen molar-refractivity contribution in [2.24, 2.45) is 0 Å². The van der Waals surface area contributed by atoms with Crippen LogP contribution in [0.25, 0.3) is 5.82 Å². The van der Waals surface area contributed by atoms with Crippen LogP contribution in [0.15, 0.2) is 0 Å². The second-order valence-corrected chi connectivity index (χ2v) is 4.93. The van der Waals surface area contributed by atoms with E-state index in [1.54, 1.807) is 0 Å². The van der Waals surface area contributed by atoms with E-state index in [2.05, 4.69) is 28.9 Å². The Kier molecular flexibility index (Phi) is 3.55. The van der Waals surface area contributed by atoms with Gasteiger partial charge in [-0.1, -0.05) is 6.92 Å². The lowest BCUT2D eigenvalue weighted by Crippen LogP contribution is -2.11. The van der Waals surface area contributed by atoms with E-state index in [9.17, 15) is 0 Å². The predicted molar refractivity (Wildman–Crippen MR) is 76.5 cm³/mol. The monoisotopic (exact) mass is 259 g/mol. The number of rotatable bonds is 3. The number of nitrogens with two attached hydrogens (primary N) is 1. The molecule has 0 aliphatic carbocycles. The lowest BCUT2D eigenvalue weighted by molar-refractivity contribution is 0.760. The van der Waals surface area contributed by atoms with Crippen LogP contribution in [0.4, 0.5) is 5.82 Å². The molecule has 0 spiro atoms. The molecule has 0 amide bonds. The Hall–Kier alpha value is -1.91. The Morgan fingerprint density at radius 2 is 1.74 bits per heavy atom. The number of nitrogens with zero attached hydrogens (tertiary/aromatic N) is 4. The Morgan fingerprint density at radius 1 is 1.05 bits per heavy atom. The molecule has 2 rings (SSSR count). The summed E-state index contributed by atoms with van der Waals surface area (Å²) < 4.78 is 1.87. The summed E-state index contributed by atoms with van der Waals surface area (Å²) in [6.45, 7) is 10.2. The first-order valence-corrected chi connectivity index (χ1v) is 6.61. The first-order valence-electron chi connectivity index (χ1n) is 6.61. The van der Waals surface area contributed by atoms with Gasteiger partial charge in [0, 0.05) is 17.7 Å². The summed E-state index contributed by atoms with van der Waals surface area (Å²) in [7, 11) is 0. The highest BCUT2D eigenvalue weighted by atomic mass is 15.3. The Balaban J connectivity index is 2.63. The number of aryl methyl sites for hydroxylation is 2. The van der Waals surface area contributed by atoms with Gasteiger partial charge in [0.05, 0.1) is 5.69 Å². The maximum Gasteiger partial charge on any atom is 0.162 e. The number of hydrogen-bond acceptors (Lipinski definition) is 4. The quantitative estimate of drug-likeness (QED) is 0.919. The molecule has 0 atom stereocenters. The Bertz CT molecular complexity index is 613. The minimum atomic E-state index is 0.540. The highest BCUT2D eigenvalue weighted by Gasteiger charge is 2.15. The summed E-state index contributed by atoms with van der Waals surface area (Å²) in [4.78, 5) is 8.95. The first-order chi connectivity index (χ1) is 8.95. The van der Waals surface area contributed by atoms with Crippen molar-refractivity contribution in [2.45, 2.75) is 47.5 Å². The highest BCUT2D eigenvalue weighted by molar-refractivity contribution is 5.49. The SMILES string of the molecule is CCCc1nc(N)c(C)c(-n2nc(C)c(C)c2C)n1. The Morgan fingerprint density at radius 3 is 2.26 bits per heavy atom. The summed E-state index contributed by atoms with van der Waals surface area (Å²) in [6.07, 6.45) is 1.83. The third-order valence-corrected chi connectivity index (χ3v) is 3.53. The molecule has 0 bridgehead atoms. The molecule has 2 aromatic rings. The number of hydrogen-bond donors (Lipinski definition) is 1. The van der Waals surface area contributed by atoms with Gasteiger partial charge in [0.2, 0.25) is 0 Å². The van der Waals surface area contributed by atoms with Crippen molar-refractivity contribution >= 4 is 5.82 Å². The van der Waals surface area contributed by atoms with Gasteiger partial charge in [-0.25, -0.2) is 14.6 Å². The standard InChI is InChI=1S/C14H21N5/c1-6-7-12-16-13(15)9(3)14(17-12)19-11(5)8(2)10(4)18-19/h6-7H2,1-5H3,(H2,15,16,17). The van der Waals surface area contributed by atoms with Crippen molar-refractivity contribution < 1.29 is 0 Å². The summed E-state index contributed by atoms with van der Waals surface area (Å²) in [5.41, 5.74) is 10.2. The molecule has 0 aliphatic heterocycles. The van der Waals surface area contributed by atoms with E-state index < -0.39 is 0 Å². The van der Waals surface area contributed by atoms with Crippen LogP contribution in [-0.4, -0.2) is 19.7 Å². The molecule has 2 aromatic heterocycles. The summed E-state index contributed by atoms with van der Waals surface area (Å²) in [5, 5.41) is 4.55. The van der Waals surface area contributed by atoms with Crippen LogP contribution in [0, 0.1) is 27.7 Å². The van der Waals surface area contributed by atoms with Crippen molar-refractivity contribution in [1.82, 2.24) is 19.7 Å². The van der Waals surface area contributed by atoms with Gasteiger partial charge in [0.15, 0.2) is 5.82 Å². The third-order valence-electron chi connectivity index (χ3n) is 3.53. The van der Waals surface area contributed by atoms with E-state index in [4.69, 9.17) is 5.73 Å². The molecule has 0 unspecified atom stereocenters. The maximum atomic E-state index is 5.99. The number of nitrogen functional groups attached to an aromatic ring is 1. The fourth-order valence-corrected chi connectivity index (χ4v) is 2.04. The van der Waals surface area contributed by atoms with Gasteiger partial charge in [-0.05, 0) is 39.7 Å². The van der Waals surface area contributed by atoms with Gasteiger partial charge >= 0.3 is 0 Å². The van der Waals surface area contributed by atoms with Crippen LogP contribution in [0.1, 0.15) is 41.7 Å². The second-order valence-electron chi connectivity index (χ2n) is 4.93. The van der Waals surface area contributed by atoms with Gasteiger partial charge in [-0.3, -0.25) is 0 Å². The van der Waals surface area contributed by atoms with Crippen LogP contribution >= 0.6 is 0 Å². The largest absolute Gasteiger partial charge is 0.383 e. The summed E-state index contributed by atoms with van der Waals surface area (Å²) in [5.74, 6) is 2.12. The molecule has 0 saturated heterocycles. The van der Waals surface area contributed by atoms with Crippen molar-refractivity contribution in [2.75, 3.05) is 5.73 Å². The summed E-state index contributed by atoms with van der Waals surface area (Å²) >= 11 is 0. The van der Waals surface area contributed by atoms with Crippen LogP contribution < -0.4 is 5.73 Å². The molecule has 5 nitrogen and oxygen atoms in total. The van der Waals surface area contributed by atoms with E-state index in [1.165, 1.54) is 5.56 Å². The summed E-state index contributed by atoms with van der Waals surface area (Å²) in [6, 6.07) is 0. The minimum absolute atomic E-state index is 0.540. The Labute approximate surface area is 113 Å². The first kappa shape index (κ1) is 13.5. The van der Waals surface area contributed by atoms with Gasteiger partial charge in [0.25, 0.3) is 0 Å². The molecule has 0 aromatic carbocycles. The second kappa shape index (κ2) is 4.99. The van der Waals surface area contributed by atoms with Crippen molar-refractivity contribution in [3.8, 4) is 5.82 Å². The fourth-order valence-electron chi connectivity index (χ4n) is 2.04. The van der Waals surface area contributed by atoms with Crippen LogP contribution in [0.3, 0.4) is 0 Å². The van der Waals surface area contributed by atoms with Crippen molar-refractivity contribution in [1.29, 1.82) is 0 Å². The molecule has 2 heterocycles. The zero-order chi connectivity index (χ0) is 14.2. The lowest BCUT2D eigenvalue weighted by atomic mass is 10.2. The number of anilines is 1. The molecule has 19 heavy (non-hydrogen) atoms. The van der Waals surface area contributed by atoms with Crippen LogP contribution in [-0.2, 0) is 6.42 Å². The lowest BCUT2D eigenvalue weighted by Gasteiger charge is -2.11. The van der Waals surface area contributed by atoms with E-state index in [-0.39, 0.29) is 0 Å². The molecule has 102 valence electrons. The topological polar surface area (TPSA) is 69.6 Å². The van der Waals surface area contributed by atoms with Crippen molar-refractivity contribution in [3.63, 3.8) is 0 Å². The normalized spacial score (nSPS) is 11.0. The van der Waals surface area contributed by atoms with Crippen molar-refractivity contribution in [3.05, 3.63) is 28.3 Å². The highest BCUT2D eigenvalue weighted by Crippen LogP contribution is 2.21. The smallest absolute Gasteiger partial charge is 0.162 e. The number of aromatic nitrogens is 4. The molecular weight excluding hydrogens is 238 g/mol. The average molecular weight is 259 g/mol. The van der Waals surface area contributed by atoms with E-state index in [1.807, 2.05) is 25.5 Å². The average Bonchev–Trinajstić information content (AvgIpc) is 2.62. The van der Waals surface area contributed by atoms with Gasteiger partial charge in [0.1, 0.15) is 11.6 Å². The molecule has 2 N–H and O–H groups in total. The molecule has 0 saturated carbocycles. The van der Waals surface area contributed by atoms with Gasteiger partial charge in [-0.2, -0.15) is 5.10 Å². The van der Waals surface area contributed by atoms with E-state index in [0.717, 1.165) is 41.4 Å². The van der Waals surface area contributed by atoms with Gasteiger partial charge < -0.3 is 5.73 Å². The predicted octanol–water partition coefficient (Wildman–Crippen LogP) is 2.43. The van der Waals surface area contributed by atoms with Crippen LogP contribution in [0.2, 0.25) is 0 Å². The molecule has 0 fully saturated rings. The minimum Gasteiger partial charge on any atom is -0.383 e. The van der Waals surface area contributed by atoms with Crippen LogP contribution in [0.5, 0.6) is 0 Å². The molecule has 5 heteroatoms. The van der Waals surface area contributed by atoms with E-state index >= 15 is 0 Å². The van der Waals surface area contributed by atoms with E-state index in [0.29, 0.717) is 5.82 Å². The van der Waals surface area contributed by atoms with Gasteiger partial charge in [-0.15, -0.1) is 0 Å². The molecule has 0 radical (unpaired) electrons. The third kappa shape index (κ3) is 2.32. The zero-order valence-electron chi connectivity index (χ0n) is 12.3. The molecular formula is C14H21N5. The fraction of sp³-hybridized carbons (Fsp3) is 0.500. The maximum absolute atomic E-state index is 5.99. The zero-order valence-corrected chi connectivity index (χ0v) is 12.3.